The summed E-state index contributed by atoms with van der Waals surface area (Å²) >= 11 is 0. The molecule has 0 radical (unpaired) electrons. The number of hydrogen-bond donors (Lipinski definition) is 0. The number of rotatable bonds is 3. The monoisotopic (exact) mass is 653 g/mol. The molecule has 0 spiro atoms. The van der Waals surface area contributed by atoms with Crippen LogP contribution < -0.4 is 0 Å². The molecule has 0 amide bonds. The van der Waals surface area contributed by atoms with E-state index in [0.717, 1.165) is 60.9 Å². The van der Waals surface area contributed by atoms with Crippen LogP contribution in [0.1, 0.15) is 25.0 Å². The Kier molecular flexibility index (Phi) is 5.70. The number of para-hydroxylation sites is 3. The van der Waals surface area contributed by atoms with Gasteiger partial charge in [0.05, 0.1) is 27.6 Å². The van der Waals surface area contributed by atoms with Crippen LogP contribution >= 0.6 is 0 Å². The minimum Gasteiger partial charge on any atom is -0.455 e. The minimum atomic E-state index is -0.240. The fourth-order valence-electron chi connectivity index (χ4n) is 8.73. The quantitative estimate of drug-likeness (QED) is 0.191. The van der Waals surface area contributed by atoms with Crippen LogP contribution in [0.25, 0.3) is 94.1 Å². The molecule has 0 saturated carbocycles. The normalized spacial score (nSPS) is 13.5. The predicted octanol–water partition coefficient (Wildman–Crippen LogP) is 12.3. The Morgan fingerprint density at radius 1 is 0.569 bits per heavy atom. The molecule has 0 N–H and O–H groups in total. The summed E-state index contributed by atoms with van der Waals surface area (Å²) in [6.45, 7) is 4.75. The molecular weight excluding hydrogens is 623 g/mol. The summed E-state index contributed by atoms with van der Waals surface area (Å²) in [5, 5.41) is 5.74. The predicted molar refractivity (Wildman–Crippen MR) is 210 cm³/mol. The van der Waals surface area contributed by atoms with Crippen molar-refractivity contribution in [2.24, 2.45) is 0 Å². The molecule has 4 nitrogen and oxygen atoms in total. The summed E-state index contributed by atoms with van der Waals surface area (Å²) in [7, 11) is 0. The Bertz CT molecular complexity index is 3040. The fourth-order valence-corrected chi connectivity index (χ4v) is 8.73. The van der Waals surface area contributed by atoms with Gasteiger partial charge >= 0.3 is 0 Å². The first-order valence-electron chi connectivity index (χ1n) is 17.5. The summed E-state index contributed by atoms with van der Waals surface area (Å²) in [6.07, 6.45) is 0. The van der Waals surface area contributed by atoms with Gasteiger partial charge in [-0.05, 0) is 64.7 Å². The van der Waals surface area contributed by atoms with E-state index in [1.165, 1.54) is 38.5 Å². The summed E-state index contributed by atoms with van der Waals surface area (Å²) < 4.78 is 9.31. The maximum Gasteiger partial charge on any atom is 0.160 e. The van der Waals surface area contributed by atoms with Crippen molar-refractivity contribution in [3.63, 3.8) is 0 Å². The van der Waals surface area contributed by atoms with Crippen LogP contribution in [0.3, 0.4) is 0 Å². The lowest BCUT2D eigenvalue weighted by molar-refractivity contribution is 0.662. The van der Waals surface area contributed by atoms with E-state index in [1.54, 1.807) is 0 Å². The maximum absolute atomic E-state index is 6.86. The third-order valence-corrected chi connectivity index (χ3v) is 11.0. The lowest BCUT2D eigenvalue weighted by Crippen LogP contribution is -2.16. The van der Waals surface area contributed by atoms with Gasteiger partial charge in [0.15, 0.2) is 5.82 Å². The SMILES string of the molecule is CC1(C)c2ccccc2-c2c1c1c(c3ccccc3n1-c1ccc(-c3nc(-c4ccccc4)c4ccccc4n3)cc1)c1oc3ccccc3c21. The van der Waals surface area contributed by atoms with E-state index in [-0.39, 0.29) is 5.41 Å². The first-order valence-corrected chi connectivity index (χ1v) is 17.5. The summed E-state index contributed by atoms with van der Waals surface area (Å²) in [4.78, 5) is 10.2. The van der Waals surface area contributed by atoms with Gasteiger partial charge in [-0.1, -0.05) is 123 Å². The molecule has 240 valence electrons. The zero-order valence-corrected chi connectivity index (χ0v) is 28.2. The maximum atomic E-state index is 6.86. The topological polar surface area (TPSA) is 43.9 Å². The van der Waals surface area contributed by atoms with E-state index < -0.39 is 0 Å². The summed E-state index contributed by atoms with van der Waals surface area (Å²) in [5.41, 5.74) is 14.2. The first kappa shape index (κ1) is 28.3. The first-order chi connectivity index (χ1) is 25.1. The second kappa shape index (κ2) is 10.3. The van der Waals surface area contributed by atoms with Crippen molar-refractivity contribution in [1.82, 2.24) is 14.5 Å². The Hall–Kier alpha value is -6.52. The molecule has 1 aliphatic rings. The van der Waals surface area contributed by atoms with Crippen LogP contribution in [-0.4, -0.2) is 14.5 Å². The zero-order chi connectivity index (χ0) is 33.8. The third-order valence-electron chi connectivity index (χ3n) is 11.0. The standard InChI is InChI=1S/C47H31N3O/c1-47(2)35-20-10-6-16-31(35)39-40-34-19-9-13-23-38(34)51-45(40)41-33-18-8-12-22-37(33)50(44(41)42(39)47)30-26-24-29(25-27-30)46-48-36-21-11-7-17-32(36)43(49-46)28-14-4-3-5-15-28/h3-27H,1-2H3. The lowest BCUT2D eigenvalue weighted by Gasteiger charge is -2.24. The van der Waals surface area contributed by atoms with Crippen LogP contribution in [-0.2, 0) is 5.41 Å². The van der Waals surface area contributed by atoms with Gasteiger partial charge in [0.1, 0.15) is 11.2 Å². The van der Waals surface area contributed by atoms with Gasteiger partial charge in [-0.25, -0.2) is 9.97 Å². The van der Waals surface area contributed by atoms with Gasteiger partial charge in [-0.2, -0.15) is 0 Å². The second-order valence-corrected chi connectivity index (χ2v) is 14.1. The lowest BCUT2D eigenvalue weighted by atomic mass is 9.81. The van der Waals surface area contributed by atoms with Gasteiger partial charge in [0.2, 0.25) is 0 Å². The largest absolute Gasteiger partial charge is 0.455 e. The smallest absolute Gasteiger partial charge is 0.160 e. The van der Waals surface area contributed by atoms with E-state index in [2.05, 4.69) is 152 Å². The molecule has 0 atom stereocenters. The number of aromatic nitrogens is 3. The van der Waals surface area contributed by atoms with E-state index >= 15 is 0 Å². The van der Waals surface area contributed by atoms with Gasteiger partial charge in [-0.15, -0.1) is 0 Å². The average molecular weight is 654 g/mol. The molecule has 11 rings (SSSR count). The van der Waals surface area contributed by atoms with Crippen LogP contribution in [0.2, 0.25) is 0 Å². The van der Waals surface area contributed by atoms with Crippen molar-refractivity contribution in [1.29, 1.82) is 0 Å². The van der Waals surface area contributed by atoms with Crippen LogP contribution in [0.5, 0.6) is 0 Å². The Balaban J connectivity index is 1.20. The van der Waals surface area contributed by atoms with Crippen LogP contribution in [0.4, 0.5) is 0 Å². The van der Waals surface area contributed by atoms with Crippen LogP contribution in [0, 0.1) is 0 Å². The summed E-state index contributed by atoms with van der Waals surface area (Å²) in [5.74, 6) is 0.711. The summed E-state index contributed by atoms with van der Waals surface area (Å²) in [6, 6.07) is 53.5. The van der Waals surface area contributed by atoms with Crippen molar-refractivity contribution in [3.05, 3.63) is 163 Å². The van der Waals surface area contributed by atoms with Crippen LogP contribution in [0.15, 0.2) is 156 Å². The molecule has 4 heteroatoms. The van der Waals surface area contributed by atoms with E-state index in [9.17, 15) is 0 Å². The van der Waals surface area contributed by atoms with Crippen molar-refractivity contribution in [2.75, 3.05) is 0 Å². The van der Waals surface area contributed by atoms with Gasteiger partial charge < -0.3 is 8.98 Å². The Morgan fingerprint density at radius 3 is 2.10 bits per heavy atom. The van der Waals surface area contributed by atoms with E-state index in [0.29, 0.717) is 5.82 Å². The molecular formula is C47H31N3O. The van der Waals surface area contributed by atoms with E-state index in [4.69, 9.17) is 14.4 Å². The molecule has 3 heterocycles. The molecule has 51 heavy (non-hydrogen) atoms. The highest BCUT2D eigenvalue weighted by Gasteiger charge is 2.41. The highest BCUT2D eigenvalue weighted by atomic mass is 16.3. The molecule has 0 unspecified atom stereocenters. The number of fused-ring (bicyclic) bond motifs is 13. The molecule has 0 saturated heterocycles. The molecule has 10 aromatic rings. The third kappa shape index (κ3) is 3.85. The number of benzene rings is 7. The fraction of sp³-hybridized carbons (Fsp3) is 0.0638. The number of nitrogens with zero attached hydrogens (tertiary/aromatic N) is 3. The van der Waals surface area contributed by atoms with E-state index in [1.807, 2.05) is 18.2 Å². The number of furan rings is 1. The Labute approximate surface area is 294 Å². The minimum absolute atomic E-state index is 0.240. The van der Waals surface area contributed by atoms with Crippen molar-refractivity contribution >= 4 is 54.6 Å². The van der Waals surface area contributed by atoms with Gasteiger partial charge in [-0.3, -0.25) is 0 Å². The highest BCUT2D eigenvalue weighted by Crippen LogP contribution is 2.57. The van der Waals surface area contributed by atoms with Crippen molar-refractivity contribution in [2.45, 2.75) is 19.3 Å². The molecule has 0 fully saturated rings. The van der Waals surface area contributed by atoms with Gasteiger partial charge in [0.25, 0.3) is 0 Å². The number of hydrogen-bond acceptors (Lipinski definition) is 3. The molecule has 0 aliphatic heterocycles. The zero-order valence-electron chi connectivity index (χ0n) is 28.2. The molecule has 7 aromatic carbocycles. The molecule has 1 aliphatic carbocycles. The van der Waals surface area contributed by atoms with Crippen molar-refractivity contribution in [3.8, 4) is 39.5 Å². The Morgan fingerprint density at radius 2 is 1.25 bits per heavy atom. The molecule has 3 aromatic heterocycles. The van der Waals surface area contributed by atoms with Crippen molar-refractivity contribution < 1.29 is 4.42 Å². The van der Waals surface area contributed by atoms with Gasteiger partial charge in [0, 0.05) is 43.8 Å². The highest BCUT2D eigenvalue weighted by molar-refractivity contribution is 6.30. The average Bonchev–Trinajstić information content (AvgIpc) is 3.80. The second-order valence-electron chi connectivity index (χ2n) is 14.1. The molecule has 0 bridgehead atoms.